The molecule has 0 aliphatic heterocycles. The second-order valence-corrected chi connectivity index (χ2v) is 5.51. The Morgan fingerprint density at radius 1 is 1.47 bits per heavy atom. The highest BCUT2D eigenvalue weighted by Crippen LogP contribution is 2.18. The van der Waals surface area contributed by atoms with Gasteiger partial charge in [-0.2, -0.15) is 5.10 Å². The van der Waals surface area contributed by atoms with Crippen LogP contribution in [0.2, 0.25) is 0 Å². The second-order valence-electron chi connectivity index (χ2n) is 5.51. The van der Waals surface area contributed by atoms with E-state index < -0.39 is 0 Å². The Balaban J connectivity index is 1.94. The summed E-state index contributed by atoms with van der Waals surface area (Å²) in [6.07, 6.45) is 3.49. The van der Waals surface area contributed by atoms with Crippen LogP contribution >= 0.6 is 0 Å². The number of aromatic nitrogens is 2. The van der Waals surface area contributed by atoms with Gasteiger partial charge < -0.3 is 10.6 Å². The van der Waals surface area contributed by atoms with Crippen molar-refractivity contribution in [1.29, 1.82) is 0 Å². The van der Waals surface area contributed by atoms with Crippen molar-refractivity contribution in [2.24, 2.45) is 12.0 Å². The predicted octanol–water partition coefficient (Wildman–Crippen LogP) is 1.30. The van der Waals surface area contributed by atoms with Crippen molar-refractivity contribution in [3.8, 4) is 0 Å². The molecule has 2 N–H and O–H groups in total. The Morgan fingerprint density at radius 2 is 2.16 bits per heavy atom. The molecule has 0 aromatic carbocycles. The zero-order valence-corrected chi connectivity index (χ0v) is 12.6. The van der Waals surface area contributed by atoms with Gasteiger partial charge in [0, 0.05) is 31.9 Å². The van der Waals surface area contributed by atoms with Gasteiger partial charge in [-0.05, 0) is 45.6 Å². The molecule has 5 heteroatoms. The molecule has 2 rings (SSSR count). The van der Waals surface area contributed by atoms with Crippen molar-refractivity contribution in [1.82, 2.24) is 20.4 Å². The van der Waals surface area contributed by atoms with E-state index in [0.717, 1.165) is 18.1 Å². The van der Waals surface area contributed by atoms with E-state index in [-0.39, 0.29) is 0 Å². The van der Waals surface area contributed by atoms with E-state index >= 15 is 0 Å². The van der Waals surface area contributed by atoms with E-state index in [9.17, 15) is 0 Å². The van der Waals surface area contributed by atoms with Crippen LogP contribution in [0.4, 0.5) is 0 Å². The maximum Gasteiger partial charge on any atom is 0.191 e. The number of hydrogen-bond donors (Lipinski definition) is 2. The molecular weight excluding hydrogens is 238 g/mol. The van der Waals surface area contributed by atoms with Gasteiger partial charge in [0.05, 0.1) is 5.69 Å². The average molecular weight is 263 g/mol. The second kappa shape index (κ2) is 5.63. The first kappa shape index (κ1) is 13.9. The highest BCUT2D eigenvalue weighted by molar-refractivity contribution is 5.80. The molecule has 0 saturated heterocycles. The molecule has 19 heavy (non-hydrogen) atoms. The first-order chi connectivity index (χ1) is 9.01. The predicted molar refractivity (Wildman–Crippen MR) is 78.5 cm³/mol. The lowest BCUT2D eigenvalue weighted by Crippen LogP contribution is -2.44. The van der Waals surface area contributed by atoms with Crippen LogP contribution in [-0.2, 0) is 13.5 Å². The minimum absolute atomic E-state index is 0.339. The number of guanidine groups is 1. The summed E-state index contributed by atoms with van der Waals surface area (Å²) in [5, 5.41) is 11.3. The third kappa shape index (κ3) is 3.49. The van der Waals surface area contributed by atoms with Crippen LogP contribution in [0.1, 0.15) is 36.7 Å². The van der Waals surface area contributed by atoms with Crippen molar-refractivity contribution >= 4 is 5.96 Å². The summed E-state index contributed by atoms with van der Waals surface area (Å²) < 4.78 is 1.95. The number of rotatable bonds is 4. The van der Waals surface area contributed by atoms with E-state index in [2.05, 4.69) is 41.5 Å². The fraction of sp³-hybridized carbons (Fsp3) is 0.714. The van der Waals surface area contributed by atoms with Crippen molar-refractivity contribution in [2.45, 2.75) is 52.1 Å². The van der Waals surface area contributed by atoms with E-state index in [1.807, 2.05) is 18.8 Å². The fourth-order valence-corrected chi connectivity index (χ4v) is 2.30. The number of nitrogens with one attached hydrogen (secondary N) is 2. The first-order valence-corrected chi connectivity index (χ1v) is 7.00. The molecule has 0 amide bonds. The molecule has 0 bridgehead atoms. The molecule has 1 saturated carbocycles. The van der Waals surface area contributed by atoms with Crippen LogP contribution in [0.3, 0.4) is 0 Å². The average Bonchev–Trinajstić information content (AvgIpc) is 3.13. The molecule has 1 aliphatic rings. The zero-order valence-electron chi connectivity index (χ0n) is 12.6. The molecule has 1 heterocycles. The Bertz CT molecular complexity index is 470. The molecule has 0 spiro atoms. The largest absolute Gasteiger partial charge is 0.354 e. The summed E-state index contributed by atoms with van der Waals surface area (Å²) in [5.74, 6) is 0.911. The van der Waals surface area contributed by atoms with Crippen molar-refractivity contribution in [2.75, 3.05) is 7.05 Å². The van der Waals surface area contributed by atoms with Gasteiger partial charge in [-0.15, -0.1) is 0 Å². The van der Waals surface area contributed by atoms with Gasteiger partial charge >= 0.3 is 0 Å². The van der Waals surface area contributed by atoms with Crippen molar-refractivity contribution in [3.05, 3.63) is 17.0 Å². The summed E-state index contributed by atoms with van der Waals surface area (Å²) in [6.45, 7) is 6.39. The molecular formula is C14H25N5. The summed E-state index contributed by atoms with van der Waals surface area (Å²) in [7, 11) is 3.82. The van der Waals surface area contributed by atoms with E-state index in [0.29, 0.717) is 12.1 Å². The van der Waals surface area contributed by atoms with Gasteiger partial charge in [0.1, 0.15) is 0 Å². The molecule has 0 radical (unpaired) electrons. The third-order valence-corrected chi connectivity index (χ3v) is 3.69. The lowest BCUT2D eigenvalue weighted by atomic mass is 10.1. The summed E-state index contributed by atoms with van der Waals surface area (Å²) >= 11 is 0. The molecule has 1 fully saturated rings. The van der Waals surface area contributed by atoms with Gasteiger partial charge in [-0.1, -0.05) is 0 Å². The van der Waals surface area contributed by atoms with Crippen LogP contribution in [0, 0.1) is 13.8 Å². The van der Waals surface area contributed by atoms with Gasteiger partial charge in [0.25, 0.3) is 0 Å². The summed E-state index contributed by atoms with van der Waals surface area (Å²) in [6, 6.07) is 0.965. The zero-order chi connectivity index (χ0) is 14.0. The minimum atomic E-state index is 0.339. The summed E-state index contributed by atoms with van der Waals surface area (Å²) in [5.41, 5.74) is 3.71. The van der Waals surface area contributed by atoms with Crippen LogP contribution in [0.15, 0.2) is 4.99 Å². The lowest BCUT2D eigenvalue weighted by Gasteiger charge is -2.18. The Hall–Kier alpha value is -1.52. The molecule has 1 aromatic heterocycles. The molecule has 106 valence electrons. The molecule has 1 atom stereocenters. The molecule has 5 nitrogen and oxygen atoms in total. The Kier molecular flexibility index (Phi) is 4.12. The van der Waals surface area contributed by atoms with Gasteiger partial charge in [-0.25, -0.2) is 0 Å². The monoisotopic (exact) mass is 263 g/mol. The SMILES string of the molecule is CN=C(NC(C)Cc1c(C)nn(C)c1C)NC1CC1. The minimum Gasteiger partial charge on any atom is -0.354 e. The number of hydrogen-bond acceptors (Lipinski definition) is 2. The maximum atomic E-state index is 4.46. The van der Waals surface area contributed by atoms with E-state index in [4.69, 9.17) is 0 Å². The third-order valence-electron chi connectivity index (χ3n) is 3.69. The Labute approximate surface area is 115 Å². The molecule has 1 unspecified atom stereocenters. The number of aryl methyl sites for hydroxylation is 2. The topological polar surface area (TPSA) is 54.2 Å². The van der Waals surface area contributed by atoms with Gasteiger partial charge in [0.2, 0.25) is 0 Å². The summed E-state index contributed by atoms with van der Waals surface area (Å²) in [4.78, 5) is 4.27. The van der Waals surface area contributed by atoms with Crippen molar-refractivity contribution in [3.63, 3.8) is 0 Å². The standard InChI is InChI=1S/C14H25N5/c1-9(16-14(15-4)17-12-6-7-12)8-13-10(2)18-19(5)11(13)3/h9,12H,6-8H2,1-5H3,(H2,15,16,17). The van der Waals surface area contributed by atoms with Gasteiger partial charge in [-0.3, -0.25) is 9.67 Å². The number of nitrogens with zero attached hydrogens (tertiary/aromatic N) is 3. The van der Waals surface area contributed by atoms with Crippen molar-refractivity contribution < 1.29 is 0 Å². The van der Waals surface area contributed by atoms with Crippen LogP contribution in [-0.4, -0.2) is 34.9 Å². The normalized spacial score (nSPS) is 17.4. The number of aliphatic imine (C=N–C) groups is 1. The highest BCUT2D eigenvalue weighted by Gasteiger charge is 2.23. The van der Waals surface area contributed by atoms with Crippen LogP contribution < -0.4 is 10.6 Å². The fourth-order valence-electron chi connectivity index (χ4n) is 2.30. The van der Waals surface area contributed by atoms with Crippen LogP contribution in [0.25, 0.3) is 0 Å². The first-order valence-electron chi connectivity index (χ1n) is 7.00. The van der Waals surface area contributed by atoms with Crippen LogP contribution in [0.5, 0.6) is 0 Å². The molecule has 1 aromatic rings. The Morgan fingerprint density at radius 3 is 2.63 bits per heavy atom. The van der Waals surface area contributed by atoms with Gasteiger partial charge in [0.15, 0.2) is 5.96 Å². The quantitative estimate of drug-likeness (QED) is 0.636. The van der Waals surface area contributed by atoms with E-state index in [1.165, 1.54) is 24.1 Å². The smallest absolute Gasteiger partial charge is 0.191 e. The van der Waals surface area contributed by atoms with E-state index in [1.54, 1.807) is 0 Å². The highest BCUT2D eigenvalue weighted by atomic mass is 15.3. The lowest BCUT2D eigenvalue weighted by molar-refractivity contribution is 0.635. The molecule has 1 aliphatic carbocycles. The maximum absolute atomic E-state index is 4.46.